The summed E-state index contributed by atoms with van der Waals surface area (Å²) in [5, 5.41) is 10.1. The largest absolute Gasteiger partial charge is 0.421 e. The summed E-state index contributed by atoms with van der Waals surface area (Å²) in [6.07, 6.45) is -4.90. The maximum Gasteiger partial charge on any atom is 0.421 e. The van der Waals surface area contributed by atoms with E-state index in [1.165, 1.54) is 51.1 Å². The Morgan fingerprint density at radius 1 is 0.930 bits per heavy atom. The molecule has 1 N–H and O–H groups in total. The number of benzene rings is 3. The quantitative estimate of drug-likeness (QED) is 0.324. The maximum atomic E-state index is 13.7. The van der Waals surface area contributed by atoms with Crippen LogP contribution in [0.3, 0.4) is 0 Å². The molecule has 1 heterocycles. The van der Waals surface area contributed by atoms with E-state index >= 15 is 0 Å². The Morgan fingerprint density at radius 3 is 2.07 bits per heavy atom. The summed E-state index contributed by atoms with van der Waals surface area (Å²) in [5.74, 6) is 0. The molecule has 4 rings (SSSR count). The van der Waals surface area contributed by atoms with E-state index in [9.17, 15) is 35.1 Å². The molecule has 1 aliphatic rings. The van der Waals surface area contributed by atoms with E-state index in [0.29, 0.717) is 12.6 Å². The van der Waals surface area contributed by atoms with Gasteiger partial charge in [0.15, 0.2) is 5.60 Å². The van der Waals surface area contributed by atoms with Crippen molar-refractivity contribution in [3.05, 3.63) is 84.4 Å². The van der Waals surface area contributed by atoms with Gasteiger partial charge in [0.2, 0.25) is 20.0 Å². The highest BCUT2D eigenvalue weighted by atomic mass is 32.2. The van der Waals surface area contributed by atoms with Crippen LogP contribution < -0.4 is 4.90 Å². The van der Waals surface area contributed by atoms with Crippen LogP contribution in [0.2, 0.25) is 0 Å². The van der Waals surface area contributed by atoms with Crippen molar-refractivity contribution in [2.45, 2.75) is 59.3 Å². The number of hydrogen-bond donors (Lipinski definition) is 2. The number of anilines is 1. The van der Waals surface area contributed by atoms with Crippen molar-refractivity contribution in [1.82, 2.24) is 8.61 Å². The van der Waals surface area contributed by atoms with Crippen LogP contribution in [-0.2, 0) is 25.6 Å². The average Bonchev–Trinajstić information content (AvgIpc) is 2.95. The van der Waals surface area contributed by atoms with Crippen LogP contribution in [0.4, 0.5) is 18.9 Å². The van der Waals surface area contributed by atoms with Crippen LogP contribution >= 0.6 is 12.6 Å². The van der Waals surface area contributed by atoms with Gasteiger partial charge in [-0.05, 0) is 62.7 Å². The van der Waals surface area contributed by atoms with Crippen molar-refractivity contribution in [2.75, 3.05) is 31.1 Å². The van der Waals surface area contributed by atoms with Gasteiger partial charge in [0.25, 0.3) is 0 Å². The topological polar surface area (TPSA) is 98.2 Å². The fourth-order valence-corrected chi connectivity index (χ4v) is 8.77. The highest BCUT2D eigenvalue weighted by molar-refractivity contribution is 7.90. The third-order valence-corrected chi connectivity index (χ3v) is 12.1. The van der Waals surface area contributed by atoms with Crippen LogP contribution in [0.5, 0.6) is 0 Å². The number of alkyl halides is 3. The van der Waals surface area contributed by atoms with Crippen molar-refractivity contribution in [2.24, 2.45) is 0 Å². The number of aliphatic hydroxyl groups is 1. The molecule has 0 unspecified atom stereocenters. The molecule has 0 aliphatic carbocycles. The number of nitrogens with zero attached hydrogens (tertiary/aromatic N) is 3. The summed E-state index contributed by atoms with van der Waals surface area (Å²) < 4.78 is 97.7. The molecule has 3 aromatic rings. The molecule has 0 bridgehead atoms. The molecule has 43 heavy (non-hydrogen) atoms. The minimum atomic E-state index is -4.90. The van der Waals surface area contributed by atoms with Gasteiger partial charge in [-0.25, -0.2) is 16.8 Å². The average molecular weight is 658 g/mol. The normalized spacial score (nSPS) is 18.7. The fourth-order valence-electron chi connectivity index (χ4n) is 5.02. The van der Waals surface area contributed by atoms with Crippen LogP contribution in [0.1, 0.15) is 26.3 Å². The van der Waals surface area contributed by atoms with Gasteiger partial charge < -0.3 is 10.0 Å². The minimum absolute atomic E-state index is 0.0156. The lowest BCUT2D eigenvalue weighted by molar-refractivity contribution is -0.258. The van der Waals surface area contributed by atoms with E-state index < -0.39 is 43.9 Å². The molecule has 0 radical (unpaired) electrons. The first-order chi connectivity index (χ1) is 20.0. The zero-order valence-electron chi connectivity index (χ0n) is 23.8. The number of sulfonamides is 2. The third-order valence-electron chi connectivity index (χ3n) is 7.56. The summed E-state index contributed by atoms with van der Waals surface area (Å²) in [4.78, 5) is 2.16. The molecule has 14 heteroatoms. The Balaban J connectivity index is 1.74. The fraction of sp³-hybridized carbons (Fsp3) is 0.379. The van der Waals surface area contributed by atoms with E-state index in [0.717, 1.165) is 0 Å². The minimum Gasteiger partial charge on any atom is -0.376 e. The molecular formula is C29H34F3N3O5S3. The SMILES string of the molecule is CC(C)N(C[C@H]1CN(S(=O)(=O)c2ccccc2S)CCN1c1ccc([C@](C)(O)C(F)(F)F)cc1)S(=O)(=O)c1ccccc1. The van der Waals surface area contributed by atoms with Gasteiger partial charge >= 0.3 is 6.18 Å². The van der Waals surface area contributed by atoms with Crippen molar-refractivity contribution in [1.29, 1.82) is 0 Å². The van der Waals surface area contributed by atoms with Gasteiger partial charge in [-0.1, -0.05) is 42.5 Å². The number of hydrogen-bond acceptors (Lipinski definition) is 7. The second-order valence-corrected chi connectivity index (χ2v) is 15.1. The number of thiol groups is 1. The van der Waals surface area contributed by atoms with Crippen molar-refractivity contribution in [3.63, 3.8) is 0 Å². The second-order valence-electron chi connectivity index (χ2n) is 10.8. The molecule has 1 aliphatic heterocycles. The molecular weight excluding hydrogens is 624 g/mol. The van der Waals surface area contributed by atoms with Gasteiger partial charge in [0, 0.05) is 42.8 Å². The van der Waals surface area contributed by atoms with Gasteiger partial charge in [0.1, 0.15) is 0 Å². The van der Waals surface area contributed by atoms with E-state index in [4.69, 9.17) is 0 Å². The highest BCUT2D eigenvalue weighted by Gasteiger charge is 2.51. The van der Waals surface area contributed by atoms with E-state index in [1.807, 2.05) is 0 Å². The second kappa shape index (κ2) is 12.4. The molecule has 0 saturated carbocycles. The molecule has 0 amide bonds. The van der Waals surface area contributed by atoms with Crippen LogP contribution in [-0.4, -0.2) is 75.0 Å². The Morgan fingerprint density at radius 2 is 1.51 bits per heavy atom. The number of piperazine rings is 1. The van der Waals surface area contributed by atoms with E-state index in [1.54, 1.807) is 55.1 Å². The molecule has 8 nitrogen and oxygen atoms in total. The first-order valence-electron chi connectivity index (χ1n) is 13.5. The lowest BCUT2D eigenvalue weighted by Gasteiger charge is -2.44. The highest BCUT2D eigenvalue weighted by Crippen LogP contribution is 2.39. The summed E-state index contributed by atoms with van der Waals surface area (Å²) in [7, 11) is -8.00. The zero-order chi connectivity index (χ0) is 31.8. The third kappa shape index (κ3) is 6.74. The van der Waals surface area contributed by atoms with Gasteiger partial charge in [-0.2, -0.15) is 21.8 Å². The van der Waals surface area contributed by atoms with Crippen LogP contribution in [0.25, 0.3) is 0 Å². The molecule has 1 fully saturated rings. The van der Waals surface area contributed by atoms with Crippen LogP contribution in [0, 0.1) is 0 Å². The first kappa shape index (κ1) is 33.3. The molecule has 3 aromatic carbocycles. The molecule has 0 aromatic heterocycles. The molecule has 0 spiro atoms. The Hall–Kier alpha value is -2.62. The number of halogens is 3. The van der Waals surface area contributed by atoms with Gasteiger partial charge in [-0.3, -0.25) is 0 Å². The summed E-state index contributed by atoms with van der Waals surface area (Å²) >= 11 is 4.32. The Bertz CT molecular complexity index is 1630. The molecule has 1 saturated heterocycles. The zero-order valence-corrected chi connectivity index (χ0v) is 26.3. The number of rotatable bonds is 9. The van der Waals surface area contributed by atoms with Crippen LogP contribution in [0.15, 0.2) is 93.5 Å². The van der Waals surface area contributed by atoms with Gasteiger partial charge in [0.05, 0.1) is 15.8 Å². The van der Waals surface area contributed by atoms with Crippen molar-refractivity contribution in [3.8, 4) is 0 Å². The molecule has 2 atom stereocenters. The maximum absolute atomic E-state index is 13.7. The van der Waals surface area contributed by atoms with E-state index in [-0.39, 0.29) is 46.4 Å². The lowest BCUT2D eigenvalue weighted by Crippen LogP contribution is -2.59. The predicted molar refractivity (Wildman–Crippen MR) is 161 cm³/mol. The van der Waals surface area contributed by atoms with E-state index in [2.05, 4.69) is 12.6 Å². The summed E-state index contributed by atoms with van der Waals surface area (Å²) in [6.45, 7) is 4.07. The summed E-state index contributed by atoms with van der Waals surface area (Å²) in [5.41, 5.74) is -2.97. The lowest BCUT2D eigenvalue weighted by atomic mass is 9.95. The standard InChI is InChI=1S/C29H34F3N3O5S3/c1-21(2)35(42(37,38)25-9-5-4-6-10-25)20-24-19-33(43(39,40)27-12-8-7-11-26(27)41)17-18-34(24)23-15-13-22(14-16-23)28(3,36)29(30,31)32/h4-16,21,24,36,41H,17-20H2,1-3H3/t24-,28+/m1/s1. The first-order valence-corrected chi connectivity index (χ1v) is 16.8. The predicted octanol–water partition coefficient (Wildman–Crippen LogP) is 4.72. The molecule has 234 valence electrons. The van der Waals surface area contributed by atoms with Crippen molar-refractivity contribution >= 4 is 38.4 Å². The Kier molecular flexibility index (Phi) is 9.60. The van der Waals surface area contributed by atoms with Gasteiger partial charge in [-0.15, -0.1) is 12.6 Å². The smallest absolute Gasteiger partial charge is 0.376 e. The monoisotopic (exact) mass is 657 g/mol. The van der Waals surface area contributed by atoms with Crippen molar-refractivity contribution < 1.29 is 35.1 Å². The Labute approximate surface area is 256 Å². The summed E-state index contributed by atoms with van der Waals surface area (Å²) in [6, 6.07) is 18.1.